The Morgan fingerprint density at radius 1 is 1.00 bits per heavy atom. The predicted molar refractivity (Wildman–Crippen MR) is 138 cm³/mol. The predicted octanol–water partition coefficient (Wildman–Crippen LogP) is 5.87. The van der Waals surface area contributed by atoms with Crippen molar-refractivity contribution in [1.29, 1.82) is 0 Å². The molecule has 0 radical (unpaired) electrons. The number of carbonyl (C=O) groups is 2. The number of aromatic nitrogens is 1. The molecule has 5 heteroatoms. The number of hydrogen-bond acceptors (Lipinski definition) is 2. The number of nitrogens with zero attached hydrogens (tertiary/aromatic N) is 3. The van der Waals surface area contributed by atoms with Gasteiger partial charge in [-0.25, -0.2) is 0 Å². The van der Waals surface area contributed by atoms with E-state index >= 15 is 0 Å². The normalized spacial score (nSPS) is 14.4. The van der Waals surface area contributed by atoms with Crippen molar-refractivity contribution in [1.82, 2.24) is 14.4 Å². The lowest BCUT2D eigenvalue weighted by atomic mass is 9.94. The van der Waals surface area contributed by atoms with Crippen molar-refractivity contribution in [3.8, 4) is 0 Å². The zero-order valence-corrected chi connectivity index (χ0v) is 21.4. The fraction of sp³-hybridized carbons (Fsp3) is 0.586. The Bertz CT molecular complexity index is 884. The molecule has 0 saturated heterocycles. The highest BCUT2D eigenvalue weighted by Gasteiger charge is 2.28. The van der Waals surface area contributed by atoms with Crippen LogP contribution in [0.2, 0.25) is 0 Å². The van der Waals surface area contributed by atoms with Crippen LogP contribution in [-0.4, -0.2) is 45.3 Å². The minimum Gasteiger partial charge on any atom is -0.345 e. The summed E-state index contributed by atoms with van der Waals surface area (Å²) in [5.74, 6) is 0.697. The lowest BCUT2D eigenvalue weighted by molar-refractivity contribution is -0.143. The summed E-state index contributed by atoms with van der Waals surface area (Å²) in [6.07, 6.45) is 10.0. The second-order valence-electron chi connectivity index (χ2n) is 10.2. The third-order valence-corrected chi connectivity index (χ3v) is 6.91. The van der Waals surface area contributed by atoms with Gasteiger partial charge in [-0.05, 0) is 49.3 Å². The molecular formula is C29H43N3O2. The Labute approximate surface area is 206 Å². The number of hydrogen-bond donors (Lipinski definition) is 0. The molecule has 3 rings (SSSR count). The van der Waals surface area contributed by atoms with Crippen LogP contribution in [0.1, 0.15) is 83.4 Å². The van der Waals surface area contributed by atoms with E-state index in [-0.39, 0.29) is 24.4 Å². The summed E-state index contributed by atoms with van der Waals surface area (Å²) in [4.78, 5) is 30.4. The molecule has 2 amide bonds. The van der Waals surface area contributed by atoms with E-state index in [1.807, 2.05) is 17.9 Å². The summed E-state index contributed by atoms with van der Waals surface area (Å²) in [7, 11) is 0. The molecule has 1 saturated carbocycles. The molecular weight excluding hydrogens is 422 g/mol. The van der Waals surface area contributed by atoms with Gasteiger partial charge >= 0.3 is 0 Å². The SMILES string of the molecule is CCCC(=O)N(CCC(C)C)CC(=O)N(Cc1cccn1Cc1ccccc1)C1CCCCC1. The van der Waals surface area contributed by atoms with Gasteiger partial charge in [0, 0.05) is 37.4 Å². The van der Waals surface area contributed by atoms with Crippen molar-refractivity contribution in [3.05, 3.63) is 59.9 Å². The lowest BCUT2D eigenvalue weighted by Crippen LogP contribution is -2.47. The topological polar surface area (TPSA) is 45.6 Å². The standard InChI is InChI=1S/C29H43N3O2/c1-4-12-28(33)31(20-18-24(2)3)23-29(34)32(26-15-9-6-10-16-26)22-27-17-11-19-30(27)21-25-13-7-5-8-14-25/h5,7-8,11,13-14,17,19,24,26H,4,6,9-10,12,15-16,18,20-23H2,1-3H3. The molecule has 1 fully saturated rings. The maximum atomic E-state index is 13.7. The van der Waals surface area contributed by atoms with Gasteiger partial charge in [-0.3, -0.25) is 9.59 Å². The van der Waals surface area contributed by atoms with Gasteiger partial charge in [-0.2, -0.15) is 0 Å². The average molecular weight is 466 g/mol. The highest BCUT2D eigenvalue weighted by atomic mass is 16.2. The smallest absolute Gasteiger partial charge is 0.242 e. The number of amides is 2. The van der Waals surface area contributed by atoms with Crippen LogP contribution in [0.3, 0.4) is 0 Å². The minimum atomic E-state index is 0.0903. The van der Waals surface area contributed by atoms with Crippen molar-refractivity contribution < 1.29 is 9.59 Å². The fourth-order valence-electron chi connectivity index (χ4n) is 4.85. The first-order valence-electron chi connectivity index (χ1n) is 13.2. The van der Waals surface area contributed by atoms with E-state index in [1.54, 1.807) is 0 Å². The third-order valence-electron chi connectivity index (χ3n) is 6.91. The van der Waals surface area contributed by atoms with Crippen LogP contribution < -0.4 is 0 Å². The molecule has 1 aromatic carbocycles. The first kappa shape index (κ1) is 26.1. The summed E-state index contributed by atoms with van der Waals surface area (Å²) in [6.45, 7) is 8.61. The monoisotopic (exact) mass is 465 g/mol. The highest BCUT2D eigenvalue weighted by molar-refractivity contribution is 5.85. The zero-order chi connectivity index (χ0) is 24.3. The van der Waals surface area contributed by atoms with Gasteiger partial charge in [0.15, 0.2) is 0 Å². The van der Waals surface area contributed by atoms with Crippen molar-refractivity contribution in [2.45, 2.75) is 91.3 Å². The van der Waals surface area contributed by atoms with Gasteiger partial charge in [0.1, 0.15) is 0 Å². The van der Waals surface area contributed by atoms with Crippen molar-refractivity contribution in [2.75, 3.05) is 13.1 Å². The Morgan fingerprint density at radius 3 is 2.41 bits per heavy atom. The van der Waals surface area contributed by atoms with E-state index in [9.17, 15) is 9.59 Å². The molecule has 1 aliphatic carbocycles. The fourth-order valence-corrected chi connectivity index (χ4v) is 4.85. The molecule has 1 aliphatic rings. The van der Waals surface area contributed by atoms with Crippen LogP contribution in [0.15, 0.2) is 48.7 Å². The van der Waals surface area contributed by atoms with Gasteiger partial charge in [-0.1, -0.05) is 70.4 Å². The summed E-state index contributed by atoms with van der Waals surface area (Å²) < 4.78 is 2.25. The maximum Gasteiger partial charge on any atom is 0.242 e. The largest absolute Gasteiger partial charge is 0.345 e. The lowest BCUT2D eigenvalue weighted by Gasteiger charge is -2.36. The van der Waals surface area contributed by atoms with E-state index in [0.29, 0.717) is 25.4 Å². The maximum absolute atomic E-state index is 13.7. The molecule has 186 valence electrons. The number of rotatable bonds is 12. The zero-order valence-electron chi connectivity index (χ0n) is 21.4. The second kappa shape index (κ2) is 13.4. The molecule has 0 bridgehead atoms. The molecule has 0 unspecified atom stereocenters. The molecule has 0 atom stereocenters. The van der Waals surface area contributed by atoms with Gasteiger partial charge in [0.05, 0.1) is 13.1 Å². The van der Waals surface area contributed by atoms with Crippen molar-refractivity contribution in [3.63, 3.8) is 0 Å². The summed E-state index contributed by atoms with van der Waals surface area (Å²) in [5, 5.41) is 0. The molecule has 0 N–H and O–H groups in total. The molecule has 0 spiro atoms. The van der Waals surface area contributed by atoms with E-state index < -0.39 is 0 Å². The average Bonchev–Trinajstić information content (AvgIpc) is 3.27. The van der Waals surface area contributed by atoms with Crippen LogP contribution >= 0.6 is 0 Å². The van der Waals surface area contributed by atoms with Gasteiger partial charge in [0.25, 0.3) is 0 Å². The summed E-state index contributed by atoms with van der Waals surface area (Å²) in [5.41, 5.74) is 2.40. The molecule has 5 nitrogen and oxygen atoms in total. The Hall–Kier alpha value is -2.56. The first-order valence-corrected chi connectivity index (χ1v) is 13.2. The quantitative estimate of drug-likeness (QED) is 0.393. The van der Waals surface area contributed by atoms with Crippen molar-refractivity contribution >= 4 is 11.8 Å². The minimum absolute atomic E-state index is 0.0903. The van der Waals surface area contributed by atoms with Gasteiger partial charge in [0.2, 0.25) is 11.8 Å². The van der Waals surface area contributed by atoms with Gasteiger partial charge in [-0.15, -0.1) is 0 Å². The van der Waals surface area contributed by atoms with E-state index in [2.05, 4.69) is 65.9 Å². The number of carbonyl (C=O) groups excluding carboxylic acids is 2. The van der Waals surface area contributed by atoms with E-state index in [4.69, 9.17) is 0 Å². The van der Waals surface area contributed by atoms with Crippen LogP contribution in [0, 0.1) is 5.92 Å². The van der Waals surface area contributed by atoms with Crippen LogP contribution in [-0.2, 0) is 22.7 Å². The molecule has 34 heavy (non-hydrogen) atoms. The Kier molecular flexibility index (Phi) is 10.2. The van der Waals surface area contributed by atoms with Gasteiger partial charge < -0.3 is 14.4 Å². The van der Waals surface area contributed by atoms with Crippen LogP contribution in [0.5, 0.6) is 0 Å². The van der Waals surface area contributed by atoms with Crippen molar-refractivity contribution in [2.24, 2.45) is 5.92 Å². The number of benzene rings is 1. The van der Waals surface area contributed by atoms with Crippen LogP contribution in [0.4, 0.5) is 0 Å². The second-order valence-corrected chi connectivity index (χ2v) is 10.2. The van der Waals surface area contributed by atoms with E-state index in [0.717, 1.165) is 37.9 Å². The Morgan fingerprint density at radius 2 is 1.74 bits per heavy atom. The highest BCUT2D eigenvalue weighted by Crippen LogP contribution is 2.25. The molecule has 0 aliphatic heterocycles. The Balaban J connectivity index is 1.77. The molecule has 2 aromatic rings. The molecule has 1 heterocycles. The summed E-state index contributed by atoms with van der Waals surface area (Å²) >= 11 is 0. The van der Waals surface area contributed by atoms with Crippen LogP contribution in [0.25, 0.3) is 0 Å². The first-order chi connectivity index (χ1) is 16.5. The molecule has 1 aromatic heterocycles. The van der Waals surface area contributed by atoms with E-state index in [1.165, 1.54) is 24.8 Å². The summed E-state index contributed by atoms with van der Waals surface area (Å²) in [6, 6.07) is 14.9. The third kappa shape index (κ3) is 7.75.